The summed E-state index contributed by atoms with van der Waals surface area (Å²) in [5.41, 5.74) is 0.821. The predicted octanol–water partition coefficient (Wildman–Crippen LogP) is 5.21. The summed E-state index contributed by atoms with van der Waals surface area (Å²) in [4.78, 5) is 16.7. The quantitative estimate of drug-likeness (QED) is 0.801. The molecule has 0 fully saturated rings. The standard InChI is InChI=1S/C16H16Cl2N2OS/c1-10(2)22-15(11-6-7-12(17)13(18)9-11)16(21)20-14-5-3-4-8-19-14/h3-10,15H,1-2H3,(H,19,20,21). The maximum atomic E-state index is 12.6. The van der Waals surface area contributed by atoms with E-state index in [0.717, 1.165) is 5.56 Å². The van der Waals surface area contributed by atoms with Gasteiger partial charge in [-0.15, -0.1) is 11.8 Å². The Morgan fingerprint density at radius 3 is 2.55 bits per heavy atom. The maximum Gasteiger partial charge on any atom is 0.243 e. The van der Waals surface area contributed by atoms with Crippen LogP contribution in [0.4, 0.5) is 5.82 Å². The van der Waals surface area contributed by atoms with Crippen molar-refractivity contribution in [2.24, 2.45) is 0 Å². The topological polar surface area (TPSA) is 42.0 Å². The van der Waals surface area contributed by atoms with E-state index in [2.05, 4.69) is 10.3 Å². The van der Waals surface area contributed by atoms with Crippen molar-refractivity contribution in [1.82, 2.24) is 4.98 Å². The molecule has 2 rings (SSSR count). The van der Waals surface area contributed by atoms with Gasteiger partial charge in [0.1, 0.15) is 11.1 Å². The zero-order valence-corrected chi connectivity index (χ0v) is 14.5. The molecule has 1 amide bonds. The summed E-state index contributed by atoms with van der Waals surface area (Å²) in [6.07, 6.45) is 1.64. The van der Waals surface area contributed by atoms with Gasteiger partial charge < -0.3 is 5.32 Å². The van der Waals surface area contributed by atoms with E-state index in [9.17, 15) is 4.79 Å². The highest BCUT2D eigenvalue weighted by Crippen LogP contribution is 2.36. The van der Waals surface area contributed by atoms with E-state index < -0.39 is 0 Å². The first-order chi connectivity index (χ1) is 10.5. The van der Waals surface area contributed by atoms with Gasteiger partial charge in [0.05, 0.1) is 10.0 Å². The van der Waals surface area contributed by atoms with Crippen molar-refractivity contribution in [2.75, 3.05) is 5.32 Å². The average Bonchev–Trinajstić information content (AvgIpc) is 2.48. The fourth-order valence-corrected chi connectivity index (χ4v) is 3.20. The normalized spacial score (nSPS) is 12.2. The van der Waals surface area contributed by atoms with E-state index >= 15 is 0 Å². The molecule has 1 aromatic carbocycles. The molecule has 1 atom stereocenters. The third-order valence-electron chi connectivity index (χ3n) is 2.81. The lowest BCUT2D eigenvalue weighted by Crippen LogP contribution is -2.20. The summed E-state index contributed by atoms with van der Waals surface area (Å²) in [6.45, 7) is 4.09. The van der Waals surface area contributed by atoms with Gasteiger partial charge in [0, 0.05) is 11.4 Å². The summed E-state index contributed by atoms with van der Waals surface area (Å²) >= 11 is 13.6. The molecular weight excluding hydrogens is 339 g/mol. The number of hydrogen-bond donors (Lipinski definition) is 1. The number of amides is 1. The van der Waals surface area contributed by atoms with Crippen LogP contribution in [0, 0.1) is 0 Å². The Kier molecular flexibility index (Phi) is 6.12. The number of hydrogen-bond acceptors (Lipinski definition) is 3. The summed E-state index contributed by atoms with van der Waals surface area (Å²) in [5.74, 6) is 0.401. The molecule has 0 saturated carbocycles. The number of pyridine rings is 1. The molecule has 0 saturated heterocycles. The van der Waals surface area contributed by atoms with E-state index in [1.165, 1.54) is 0 Å². The smallest absolute Gasteiger partial charge is 0.243 e. The van der Waals surface area contributed by atoms with Crippen LogP contribution in [0.2, 0.25) is 10.0 Å². The lowest BCUT2D eigenvalue weighted by molar-refractivity contribution is -0.115. The SMILES string of the molecule is CC(C)SC(C(=O)Nc1ccccn1)c1ccc(Cl)c(Cl)c1. The second-order valence-corrected chi connectivity index (χ2v) is 7.44. The third-order valence-corrected chi connectivity index (χ3v) is 4.85. The van der Waals surface area contributed by atoms with Crippen molar-refractivity contribution >= 4 is 46.7 Å². The minimum Gasteiger partial charge on any atom is -0.309 e. The molecule has 0 aliphatic carbocycles. The van der Waals surface area contributed by atoms with E-state index in [1.54, 1.807) is 42.2 Å². The van der Waals surface area contributed by atoms with Gasteiger partial charge in [-0.05, 0) is 29.8 Å². The van der Waals surface area contributed by atoms with Crippen LogP contribution in [0.5, 0.6) is 0 Å². The number of carbonyl (C=O) groups excluding carboxylic acids is 1. The zero-order chi connectivity index (χ0) is 16.1. The molecule has 116 valence electrons. The van der Waals surface area contributed by atoms with Crippen molar-refractivity contribution in [1.29, 1.82) is 0 Å². The maximum absolute atomic E-state index is 12.6. The predicted molar refractivity (Wildman–Crippen MR) is 94.8 cm³/mol. The summed E-state index contributed by atoms with van der Waals surface area (Å²) < 4.78 is 0. The molecule has 1 heterocycles. The van der Waals surface area contributed by atoms with Crippen LogP contribution < -0.4 is 5.32 Å². The van der Waals surface area contributed by atoms with E-state index in [1.807, 2.05) is 26.0 Å². The van der Waals surface area contributed by atoms with Gasteiger partial charge in [-0.2, -0.15) is 0 Å². The molecule has 0 radical (unpaired) electrons. The first kappa shape index (κ1) is 17.1. The molecule has 6 heteroatoms. The lowest BCUT2D eigenvalue weighted by Gasteiger charge is -2.19. The molecule has 1 unspecified atom stereocenters. The Morgan fingerprint density at radius 1 is 1.18 bits per heavy atom. The number of rotatable bonds is 5. The molecule has 22 heavy (non-hydrogen) atoms. The van der Waals surface area contributed by atoms with Crippen molar-refractivity contribution in [3.8, 4) is 0 Å². The van der Waals surface area contributed by atoms with Gasteiger partial charge >= 0.3 is 0 Å². The van der Waals surface area contributed by atoms with Crippen molar-refractivity contribution < 1.29 is 4.79 Å². The number of nitrogens with zero attached hydrogens (tertiary/aromatic N) is 1. The monoisotopic (exact) mass is 354 g/mol. The lowest BCUT2D eigenvalue weighted by atomic mass is 10.1. The minimum absolute atomic E-state index is 0.129. The Hall–Kier alpha value is -1.23. The molecular formula is C16H16Cl2N2OS. The van der Waals surface area contributed by atoms with Crippen LogP contribution in [0.1, 0.15) is 24.7 Å². The molecule has 0 aliphatic rings. The van der Waals surface area contributed by atoms with Gasteiger partial charge in [-0.3, -0.25) is 4.79 Å². The van der Waals surface area contributed by atoms with Crippen molar-refractivity contribution in [2.45, 2.75) is 24.3 Å². The van der Waals surface area contributed by atoms with Gasteiger partial charge in [0.15, 0.2) is 0 Å². The van der Waals surface area contributed by atoms with Gasteiger partial charge in [-0.25, -0.2) is 4.98 Å². The number of thioether (sulfide) groups is 1. The number of anilines is 1. The molecule has 1 aromatic heterocycles. The highest BCUT2D eigenvalue weighted by molar-refractivity contribution is 8.00. The van der Waals surface area contributed by atoms with Crippen molar-refractivity contribution in [3.05, 3.63) is 58.2 Å². The fraction of sp³-hybridized carbons (Fsp3) is 0.250. The third kappa shape index (κ3) is 4.63. The second kappa shape index (κ2) is 7.86. The number of halogens is 2. The number of aromatic nitrogens is 1. The Balaban J connectivity index is 2.25. The molecule has 0 aliphatic heterocycles. The first-order valence-electron chi connectivity index (χ1n) is 6.79. The molecule has 0 spiro atoms. The fourth-order valence-electron chi connectivity index (χ4n) is 1.87. The zero-order valence-electron chi connectivity index (χ0n) is 12.2. The van der Waals surface area contributed by atoms with E-state index in [0.29, 0.717) is 15.9 Å². The van der Waals surface area contributed by atoms with Crippen LogP contribution >= 0.6 is 35.0 Å². The van der Waals surface area contributed by atoms with E-state index in [4.69, 9.17) is 23.2 Å². The van der Waals surface area contributed by atoms with Gasteiger partial charge in [0.2, 0.25) is 5.91 Å². The first-order valence-corrected chi connectivity index (χ1v) is 8.49. The molecule has 3 nitrogen and oxygen atoms in total. The Morgan fingerprint density at radius 2 is 1.95 bits per heavy atom. The minimum atomic E-state index is -0.378. The van der Waals surface area contributed by atoms with Crippen LogP contribution in [-0.4, -0.2) is 16.1 Å². The summed E-state index contributed by atoms with van der Waals surface area (Å²) in [6, 6.07) is 10.7. The van der Waals surface area contributed by atoms with Gasteiger partial charge in [0.25, 0.3) is 0 Å². The van der Waals surface area contributed by atoms with E-state index in [-0.39, 0.29) is 16.4 Å². The average molecular weight is 355 g/mol. The molecule has 2 aromatic rings. The second-order valence-electron chi connectivity index (χ2n) is 4.94. The largest absolute Gasteiger partial charge is 0.309 e. The van der Waals surface area contributed by atoms with Crippen molar-refractivity contribution in [3.63, 3.8) is 0 Å². The molecule has 0 bridgehead atoms. The summed E-state index contributed by atoms with van der Waals surface area (Å²) in [5, 5.41) is 3.66. The number of benzene rings is 1. The Labute approximate surface area is 144 Å². The van der Waals surface area contributed by atoms with Crippen LogP contribution in [0.25, 0.3) is 0 Å². The van der Waals surface area contributed by atoms with Crippen LogP contribution in [-0.2, 0) is 4.79 Å². The summed E-state index contributed by atoms with van der Waals surface area (Å²) in [7, 11) is 0. The Bertz CT molecular complexity index is 650. The molecule has 1 N–H and O–H groups in total. The number of carbonyl (C=O) groups is 1. The van der Waals surface area contributed by atoms with Crippen LogP contribution in [0.15, 0.2) is 42.6 Å². The highest BCUT2D eigenvalue weighted by atomic mass is 35.5. The number of nitrogens with one attached hydrogen (secondary N) is 1. The van der Waals surface area contributed by atoms with Gasteiger partial charge in [-0.1, -0.05) is 49.2 Å². The van der Waals surface area contributed by atoms with Crippen LogP contribution in [0.3, 0.4) is 0 Å². The highest BCUT2D eigenvalue weighted by Gasteiger charge is 2.23.